The fraction of sp³-hybridized carbons (Fsp3) is 0.294. The molecule has 0 spiro atoms. The molecule has 6 nitrogen and oxygen atoms in total. The highest BCUT2D eigenvalue weighted by Crippen LogP contribution is 2.29. The maximum atomic E-state index is 12.1. The van der Waals surface area contributed by atoms with Crippen LogP contribution in [-0.2, 0) is 0 Å². The molecule has 0 saturated carbocycles. The fourth-order valence-electron chi connectivity index (χ4n) is 2.10. The van der Waals surface area contributed by atoms with E-state index < -0.39 is 6.10 Å². The summed E-state index contributed by atoms with van der Waals surface area (Å²) in [6, 6.07) is 8.59. The number of aromatic nitrogens is 1. The third-order valence-electron chi connectivity index (χ3n) is 3.43. The average molecular weight is 316 g/mol. The predicted octanol–water partition coefficient (Wildman–Crippen LogP) is 1.87. The molecule has 6 heteroatoms. The largest absolute Gasteiger partial charge is 0.497 e. The van der Waals surface area contributed by atoms with Crippen LogP contribution in [0.5, 0.6) is 11.5 Å². The third kappa shape index (κ3) is 4.20. The third-order valence-corrected chi connectivity index (χ3v) is 3.43. The molecule has 122 valence electrons. The van der Waals surface area contributed by atoms with Crippen LogP contribution in [0.25, 0.3) is 0 Å². The van der Waals surface area contributed by atoms with Crippen LogP contribution < -0.4 is 14.8 Å². The summed E-state index contributed by atoms with van der Waals surface area (Å²) in [4.78, 5) is 16.1. The van der Waals surface area contributed by atoms with E-state index in [9.17, 15) is 9.90 Å². The van der Waals surface area contributed by atoms with Gasteiger partial charge in [-0.25, -0.2) is 0 Å². The van der Waals surface area contributed by atoms with E-state index in [2.05, 4.69) is 10.3 Å². The monoisotopic (exact) mass is 316 g/mol. The van der Waals surface area contributed by atoms with E-state index in [4.69, 9.17) is 9.47 Å². The van der Waals surface area contributed by atoms with Crippen molar-refractivity contribution in [3.05, 3.63) is 53.3 Å². The number of methoxy groups -OCH3 is 2. The molecule has 0 bridgehead atoms. The molecule has 1 heterocycles. The molecular weight excluding hydrogens is 296 g/mol. The molecule has 2 rings (SSSR count). The summed E-state index contributed by atoms with van der Waals surface area (Å²) in [7, 11) is 3.07. The zero-order valence-electron chi connectivity index (χ0n) is 13.4. The lowest BCUT2D eigenvalue weighted by molar-refractivity contribution is 0.0914. The van der Waals surface area contributed by atoms with Crippen molar-refractivity contribution in [1.82, 2.24) is 10.3 Å². The zero-order valence-corrected chi connectivity index (χ0v) is 13.4. The van der Waals surface area contributed by atoms with Gasteiger partial charge in [0.2, 0.25) is 0 Å². The van der Waals surface area contributed by atoms with Gasteiger partial charge >= 0.3 is 0 Å². The van der Waals surface area contributed by atoms with Gasteiger partial charge in [-0.2, -0.15) is 0 Å². The van der Waals surface area contributed by atoms with Crippen molar-refractivity contribution in [2.45, 2.75) is 13.0 Å². The molecule has 1 unspecified atom stereocenters. The van der Waals surface area contributed by atoms with Gasteiger partial charge in [-0.05, 0) is 37.3 Å². The number of hydrogen-bond donors (Lipinski definition) is 2. The van der Waals surface area contributed by atoms with Crippen LogP contribution in [0.1, 0.15) is 27.7 Å². The van der Waals surface area contributed by atoms with Gasteiger partial charge < -0.3 is 19.9 Å². The van der Waals surface area contributed by atoms with E-state index in [0.29, 0.717) is 22.6 Å². The number of aliphatic hydroxyl groups is 1. The Morgan fingerprint density at radius 2 is 2.04 bits per heavy atom. The number of amides is 1. The van der Waals surface area contributed by atoms with Crippen LogP contribution in [0.3, 0.4) is 0 Å². The van der Waals surface area contributed by atoms with Crippen LogP contribution in [-0.4, -0.2) is 36.8 Å². The molecule has 0 radical (unpaired) electrons. The quantitative estimate of drug-likeness (QED) is 0.850. The number of carbonyl (C=O) groups excluding carboxylic acids is 1. The van der Waals surface area contributed by atoms with E-state index in [1.165, 1.54) is 13.3 Å². The van der Waals surface area contributed by atoms with Gasteiger partial charge in [0.1, 0.15) is 17.6 Å². The first-order valence-corrected chi connectivity index (χ1v) is 7.16. The molecule has 0 aliphatic rings. The molecule has 2 N–H and O–H groups in total. The molecule has 1 aromatic heterocycles. The molecular formula is C17H20N2O4. The normalized spacial score (nSPS) is 11.7. The first-order valence-electron chi connectivity index (χ1n) is 7.16. The van der Waals surface area contributed by atoms with Crippen molar-refractivity contribution < 1.29 is 19.4 Å². The number of aliphatic hydroxyl groups excluding tert-OH is 1. The smallest absolute Gasteiger partial charge is 0.252 e. The second kappa shape index (κ2) is 7.60. The maximum Gasteiger partial charge on any atom is 0.252 e. The second-order valence-corrected chi connectivity index (χ2v) is 5.02. The summed E-state index contributed by atoms with van der Waals surface area (Å²) in [6.45, 7) is 1.90. The molecule has 0 aliphatic carbocycles. The second-order valence-electron chi connectivity index (χ2n) is 5.02. The lowest BCUT2D eigenvalue weighted by atomic mass is 10.1. The fourth-order valence-corrected chi connectivity index (χ4v) is 2.10. The summed E-state index contributed by atoms with van der Waals surface area (Å²) in [5.74, 6) is 0.844. The first kappa shape index (κ1) is 16.8. The Labute approximate surface area is 135 Å². The van der Waals surface area contributed by atoms with Crippen molar-refractivity contribution in [2.24, 2.45) is 0 Å². The standard InChI is InChI=1S/C17H20N2O4/c1-11-4-5-12(9-18-11)17(21)19-10-15(20)14-8-13(22-2)6-7-16(14)23-3/h4-9,15,20H,10H2,1-3H3,(H,19,21). The molecule has 0 saturated heterocycles. The number of carbonyl (C=O) groups is 1. The molecule has 0 aliphatic heterocycles. The van der Waals surface area contributed by atoms with Gasteiger partial charge in [0.25, 0.3) is 5.91 Å². The Morgan fingerprint density at radius 3 is 2.65 bits per heavy atom. The summed E-state index contributed by atoms with van der Waals surface area (Å²) < 4.78 is 10.4. The van der Waals surface area contributed by atoms with Gasteiger partial charge in [0, 0.05) is 24.0 Å². The van der Waals surface area contributed by atoms with E-state index in [1.807, 2.05) is 6.92 Å². The number of benzene rings is 1. The number of nitrogens with zero attached hydrogens (tertiary/aromatic N) is 1. The molecule has 23 heavy (non-hydrogen) atoms. The number of rotatable bonds is 6. The van der Waals surface area contributed by atoms with Gasteiger partial charge in [0.05, 0.1) is 19.8 Å². The molecule has 1 atom stereocenters. The highest BCUT2D eigenvalue weighted by molar-refractivity contribution is 5.93. The van der Waals surface area contributed by atoms with Gasteiger partial charge in [-0.3, -0.25) is 9.78 Å². The maximum absolute atomic E-state index is 12.1. The molecule has 1 amide bonds. The minimum absolute atomic E-state index is 0.0518. The van der Waals surface area contributed by atoms with E-state index in [0.717, 1.165) is 5.69 Å². The minimum Gasteiger partial charge on any atom is -0.497 e. The van der Waals surface area contributed by atoms with E-state index in [-0.39, 0.29) is 12.5 Å². The Hall–Kier alpha value is -2.60. The summed E-state index contributed by atoms with van der Waals surface area (Å²) in [5.41, 5.74) is 1.83. The minimum atomic E-state index is -0.914. The molecule has 1 aromatic carbocycles. The van der Waals surface area contributed by atoms with Crippen LogP contribution >= 0.6 is 0 Å². The Morgan fingerprint density at radius 1 is 1.26 bits per heavy atom. The lowest BCUT2D eigenvalue weighted by Gasteiger charge is -2.16. The number of aryl methyl sites for hydroxylation is 1. The Kier molecular flexibility index (Phi) is 5.54. The number of nitrogens with one attached hydrogen (secondary N) is 1. The summed E-state index contributed by atoms with van der Waals surface area (Å²) in [5, 5.41) is 13.0. The SMILES string of the molecule is COc1ccc(OC)c(C(O)CNC(=O)c2ccc(C)nc2)c1. The number of hydrogen-bond acceptors (Lipinski definition) is 5. The summed E-state index contributed by atoms with van der Waals surface area (Å²) in [6.07, 6.45) is 0.589. The zero-order chi connectivity index (χ0) is 16.8. The summed E-state index contributed by atoms with van der Waals surface area (Å²) >= 11 is 0. The number of ether oxygens (including phenoxy) is 2. The average Bonchev–Trinajstić information content (AvgIpc) is 2.59. The van der Waals surface area contributed by atoms with E-state index >= 15 is 0 Å². The first-order chi connectivity index (χ1) is 11.0. The van der Waals surface area contributed by atoms with Crippen molar-refractivity contribution >= 4 is 5.91 Å². The van der Waals surface area contributed by atoms with Crippen LogP contribution in [0.4, 0.5) is 0 Å². The molecule has 0 fully saturated rings. The lowest BCUT2D eigenvalue weighted by Crippen LogP contribution is -2.28. The van der Waals surface area contributed by atoms with Gasteiger partial charge in [0.15, 0.2) is 0 Å². The van der Waals surface area contributed by atoms with Crippen LogP contribution in [0.15, 0.2) is 36.5 Å². The highest BCUT2D eigenvalue weighted by Gasteiger charge is 2.16. The van der Waals surface area contributed by atoms with Crippen LogP contribution in [0.2, 0.25) is 0 Å². The Bertz CT molecular complexity index is 671. The number of pyridine rings is 1. The van der Waals surface area contributed by atoms with Gasteiger partial charge in [-0.1, -0.05) is 0 Å². The highest BCUT2D eigenvalue weighted by atomic mass is 16.5. The van der Waals surface area contributed by atoms with Crippen molar-refractivity contribution in [2.75, 3.05) is 20.8 Å². The van der Waals surface area contributed by atoms with Crippen molar-refractivity contribution in [3.8, 4) is 11.5 Å². The van der Waals surface area contributed by atoms with Crippen molar-refractivity contribution in [1.29, 1.82) is 0 Å². The van der Waals surface area contributed by atoms with Crippen LogP contribution in [0, 0.1) is 6.92 Å². The Balaban J connectivity index is 2.05. The van der Waals surface area contributed by atoms with Gasteiger partial charge in [-0.15, -0.1) is 0 Å². The topological polar surface area (TPSA) is 80.7 Å². The van der Waals surface area contributed by atoms with Crippen molar-refractivity contribution in [3.63, 3.8) is 0 Å². The predicted molar refractivity (Wildman–Crippen MR) is 85.8 cm³/mol. The van der Waals surface area contributed by atoms with E-state index in [1.54, 1.807) is 37.4 Å². The molecule has 2 aromatic rings.